The lowest BCUT2D eigenvalue weighted by molar-refractivity contribution is 1.22. The average Bonchev–Trinajstić information content (AvgIpc) is 3.15. The minimum Gasteiger partial charge on any atom is -0.254 e. The van der Waals surface area contributed by atoms with Gasteiger partial charge in [-0.15, -0.1) is 0 Å². The summed E-state index contributed by atoms with van der Waals surface area (Å²) in [5, 5.41) is 1.95. The molecular weight excluding hydrogens is 589 g/mol. The van der Waals surface area contributed by atoms with Crippen LogP contribution in [0.1, 0.15) is 22.8 Å². The molecule has 0 aliphatic carbocycles. The van der Waals surface area contributed by atoms with E-state index in [1.54, 1.807) is 0 Å². The molecule has 0 atom stereocenters. The number of para-hydroxylation sites is 2. The van der Waals surface area contributed by atoms with Crippen molar-refractivity contribution in [1.29, 1.82) is 0 Å². The van der Waals surface area contributed by atoms with Gasteiger partial charge in [-0.05, 0) is 70.8 Å². The molecule has 0 spiro atoms. The molecule has 0 amide bonds. The highest BCUT2D eigenvalue weighted by atomic mass is 14.9. The van der Waals surface area contributed by atoms with E-state index < -0.39 is 0 Å². The summed E-state index contributed by atoms with van der Waals surface area (Å²) in [6.07, 6.45) is 3.65. The molecule has 48 heavy (non-hydrogen) atoms. The molecule has 0 bridgehead atoms. The number of pyridine rings is 4. The van der Waals surface area contributed by atoms with Crippen molar-refractivity contribution < 1.29 is 0 Å². The molecule has 0 fully saturated rings. The molecule has 5 heterocycles. The largest absolute Gasteiger partial charge is 0.254 e. The molecule has 1 aliphatic heterocycles. The standard InChI is InChI=1S/C42H26N6/c1-3-11-27(12-4-1)29-19-21-43-35(23-29)39-41-37(25-31-15-7-9-17-33(31)45-41)48-40(36-24-30(20-22-44-36)28-13-5-2-6-14-28)42-38(47-39)26-32-16-8-10-18-34(32)46-42/h1-26H/b41-39?,42-40?,47-38?,47-39-,48-37?,48-40-. The summed E-state index contributed by atoms with van der Waals surface area (Å²) in [5.41, 5.74) is 11.2. The van der Waals surface area contributed by atoms with Crippen molar-refractivity contribution in [1.82, 2.24) is 19.9 Å². The highest BCUT2D eigenvalue weighted by molar-refractivity contribution is 6.22. The Labute approximate surface area is 276 Å². The smallest absolute Gasteiger partial charge is 0.117 e. The summed E-state index contributed by atoms with van der Waals surface area (Å²) in [4.78, 5) is 30.8. The zero-order valence-electron chi connectivity index (χ0n) is 25.7. The van der Waals surface area contributed by atoms with Crippen LogP contribution < -0.4 is 0 Å². The molecule has 4 aromatic heterocycles. The van der Waals surface area contributed by atoms with Crippen LogP contribution in [0.2, 0.25) is 0 Å². The van der Waals surface area contributed by atoms with Gasteiger partial charge in [-0.2, -0.15) is 0 Å². The van der Waals surface area contributed by atoms with Crippen LogP contribution in [0.25, 0.3) is 44.1 Å². The Kier molecular flexibility index (Phi) is 6.68. The van der Waals surface area contributed by atoms with Crippen molar-refractivity contribution in [2.24, 2.45) is 9.98 Å². The van der Waals surface area contributed by atoms with E-state index >= 15 is 0 Å². The maximum atomic E-state index is 5.38. The van der Waals surface area contributed by atoms with Gasteiger partial charge in [-0.1, -0.05) is 97.1 Å². The van der Waals surface area contributed by atoms with Crippen molar-refractivity contribution in [2.45, 2.75) is 0 Å². The Morgan fingerprint density at radius 1 is 0.354 bits per heavy atom. The summed E-state index contributed by atoms with van der Waals surface area (Å²) >= 11 is 0. The van der Waals surface area contributed by atoms with E-state index in [0.717, 1.165) is 44.1 Å². The first-order valence-electron chi connectivity index (χ1n) is 15.8. The quantitative estimate of drug-likeness (QED) is 0.198. The van der Waals surface area contributed by atoms with Gasteiger partial charge in [0.2, 0.25) is 0 Å². The summed E-state index contributed by atoms with van der Waals surface area (Å²) < 4.78 is 0. The van der Waals surface area contributed by atoms with E-state index in [1.165, 1.54) is 0 Å². The molecule has 0 saturated heterocycles. The lowest BCUT2D eigenvalue weighted by Gasteiger charge is -2.18. The summed E-state index contributed by atoms with van der Waals surface area (Å²) in [5.74, 6) is 0. The topological polar surface area (TPSA) is 76.3 Å². The second-order valence-corrected chi connectivity index (χ2v) is 11.6. The molecule has 0 saturated carbocycles. The van der Waals surface area contributed by atoms with Gasteiger partial charge >= 0.3 is 0 Å². The van der Waals surface area contributed by atoms with E-state index in [4.69, 9.17) is 29.9 Å². The molecule has 4 aromatic carbocycles. The van der Waals surface area contributed by atoms with E-state index in [9.17, 15) is 0 Å². The third-order valence-corrected chi connectivity index (χ3v) is 8.54. The lowest BCUT2D eigenvalue weighted by atomic mass is 10.00. The fourth-order valence-corrected chi connectivity index (χ4v) is 6.17. The first-order chi connectivity index (χ1) is 23.8. The number of hydrogen-bond donors (Lipinski definition) is 0. The molecule has 8 aromatic rings. The van der Waals surface area contributed by atoms with Crippen molar-refractivity contribution in [3.05, 3.63) is 181 Å². The van der Waals surface area contributed by atoms with Crippen LogP contribution in [0, 0.1) is 0 Å². The second-order valence-electron chi connectivity index (χ2n) is 11.6. The number of benzene rings is 4. The van der Waals surface area contributed by atoms with Crippen LogP contribution in [0.5, 0.6) is 0 Å². The molecule has 1 aliphatic rings. The average molecular weight is 615 g/mol. The third kappa shape index (κ3) is 5.02. The van der Waals surface area contributed by atoms with Gasteiger partial charge in [-0.3, -0.25) is 9.97 Å². The van der Waals surface area contributed by atoms with Crippen molar-refractivity contribution in [2.75, 3.05) is 0 Å². The molecule has 0 N–H and O–H groups in total. The number of hydrogen-bond acceptors (Lipinski definition) is 6. The van der Waals surface area contributed by atoms with Gasteiger partial charge in [0.15, 0.2) is 0 Å². The first kappa shape index (κ1) is 27.6. The zero-order valence-corrected chi connectivity index (χ0v) is 25.7. The number of nitrogens with zero attached hydrogens (tertiary/aromatic N) is 6. The minimum atomic E-state index is 0.626. The maximum Gasteiger partial charge on any atom is 0.117 e. The Morgan fingerprint density at radius 3 is 1.23 bits per heavy atom. The summed E-state index contributed by atoms with van der Waals surface area (Å²) in [7, 11) is 0. The Bertz CT molecular complexity index is 2380. The maximum absolute atomic E-state index is 5.38. The van der Waals surface area contributed by atoms with E-state index in [2.05, 4.69) is 60.7 Å². The fraction of sp³-hybridized carbons (Fsp3) is 0. The van der Waals surface area contributed by atoms with E-state index in [-0.39, 0.29) is 0 Å². The Hall–Kier alpha value is -6.66. The third-order valence-electron chi connectivity index (χ3n) is 8.54. The summed E-state index contributed by atoms with van der Waals surface area (Å²) in [6.45, 7) is 0. The minimum absolute atomic E-state index is 0.626. The first-order valence-corrected chi connectivity index (χ1v) is 15.8. The Balaban J connectivity index is 1.34. The van der Waals surface area contributed by atoms with Gasteiger partial charge in [0.05, 0.1) is 33.8 Å². The van der Waals surface area contributed by atoms with E-state index in [0.29, 0.717) is 45.6 Å². The highest BCUT2D eigenvalue weighted by Crippen LogP contribution is 2.35. The number of aliphatic imine (C=N–C) groups is 2. The monoisotopic (exact) mass is 614 g/mol. The SMILES string of the molecule is c1ccc(-c2ccnc(/C3=N/c4cc5ccccc5nc4/C(c4cc(-c5ccccc5)ccn4)=N\c4cc5ccccc5nc43)c2)cc1. The second kappa shape index (κ2) is 11.6. The van der Waals surface area contributed by atoms with Crippen LogP contribution in [-0.4, -0.2) is 31.4 Å². The predicted molar refractivity (Wildman–Crippen MR) is 193 cm³/mol. The van der Waals surface area contributed by atoms with Crippen molar-refractivity contribution in [3.8, 4) is 22.3 Å². The predicted octanol–water partition coefficient (Wildman–Crippen LogP) is 9.56. The molecule has 224 valence electrons. The normalized spacial score (nSPS) is 14.6. The highest BCUT2D eigenvalue weighted by Gasteiger charge is 2.25. The number of rotatable bonds is 4. The molecule has 0 unspecified atom stereocenters. The molecule has 9 rings (SSSR count). The van der Waals surface area contributed by atoms with Crippen LogP contribution >= 0.6 is 0 Å². The van der Waals surface area contributed by atoms with Crippen LogP contribution in [0.4, 0.5) is 11.4 Å². The van der Waals surface area contributed by atoms with Crippen molar-refractivity contribution in [3.63, 3.8) is 0 Å². The van der Waals surface area contributed by atoms with Crippen molar-refractivity contribution >= 4 is 44.6 Å². The lowest BCUT2D eigenvalue weighted by Crippen LogP contribution is -2.15. The van der Waals surface area contributed by atoms with Crippen LogP contribution in [0.3, 0.4) is 0 Å². The van der Waals surface area contributed by atoms with E-state index in [1.807, 2.05) is 97.3 Å². The molecule has 6 nitrogen and oxygen atoms in total. The number of aromatic nitrogens is 4. The van der Waals surface area contributed by atoms with Crippen LogP contribution in [-0.2, 0) is 0 Å². The van der Waals surface area contributed by atoms with Gasteiger partial charge in [-0.25, -0.2) is 20.0 Å². The fourth-order valence-electron chi connectivity index (χ4n) is 6.17. The zero-order chi connectivity index (χ0) is 31.9. The number of fused-ring (bicyclic) bond motifs is 4. The van der Waals surface area contributed by atoms with Gasteiger partial charge in [0.1, 0.15) is 22.8 Å². The van der Waals surface area contributed by atoms with Crippen LogP contribution in [0.15, 0.2) is 168 Å². The van der Waals surface area contributed by atoms with Gasteiger partial charge in [0.25, 0.3) is 0 Å². The molecule has 6 heteroatoms. The van der Waals surface area contributed by atoms with Gasteiger partial charge in [0, 0.05) is 23.2 Å². The summed E-state index contributed by atoms with van der Waals surface area (Å²) in [6, 6.07) is 49.0. The molecular formula is C42H26N6. The van der Waals surface area contributed by atoms with Gasteiger partial charge < -0.3 is 0 Å². The Morgan fingerprint density at radius 2 is 0.771 bits per heavy atom. The molecule has 0 radical (unpaired) electrons.